The van der Waals surface area contributed by atoms with Gasteiger partial charge in [-0.15, -0.1) is 0 Å². The molecule has 3 heterocycles. The van der Waals surface area contributed by atoms with Gasteiger partial charge in [0.1, 0.15) is 5.60 Å². The first-order valence-corrected chi connectivity index (χ1v) is 8.36. The predicted molar refractivity (Wildman–Crippen MR) is 83.0 cm³/mol. The summed E-state index contributed by atoms with van der Waals surface area (Å²) in [6.07, 6.45) is 3.06. The van der Waals surface area contributed by atoms with Crippen LogP contribution in [-0.2, 0) is 14.3 Å². The third kappa shape index (κ3) is 2.01. The molecule has 6 heteroatoms. The third-order valence-corrected chi connectivity index (χ3v) is 5.75. The highest BCUT2D eigenvalue weighted by molar-refractivity contribution is 9.10. The van der Waals surface area contributed by atoms with Crippen LogP contribution in [0.4, 0.5) is 0 Å². The lowest BCUT2D eigenvalue weighted by atomic mass is 9.77. The lowest BCUT2D eigenvalue weighted by Gasteiger charge is -2.28. The maximum Gasteiger partial charge on any atom is 0.230 e. The molecule has 1 spiro atoms. The summed E-state index contributed by atoms with van der Waals surface area (Å²) in [6.45, 7) is 2.33. The number of benzene rings is 1. The highest BCUT2D eigenvalue weighted by Gasteiger charge is 2.65. The van der Waals surface area contributed by atoms with Crippen LogP contribution in [0.1, 0.15) is 18.5 Å². The van der Waals surface area contributed by atoms with E-state index in [1.807, 2.05) is 37.3 Å². The summed E-state index contributed by atoms with van der Waals surface area (Å²) in [7, 11) is 0. The van der Waals surface area contributed by atoms with Crippen LogP contribution in [0.15, 0.2) is 40.9 Å². The summed E-state index contributed by atoms with van der Waals surface area (Å²) in [4.78, 5) is 26.1. The summed E-state index contributed by atoms with van der Waals surface area (Å²) in [5, 5.41) is 11.5. The number of carbonyl (C=O) groups excluding carboxylic acids is 2. The molecule has 1 aromatic carbocycles. The van der Waals surface area contributed by atoms with Crippen LogP contribution in [0.2, 0.25) is 0 Å². The number of nitrogens with zero attached hydrogens (tertiary/aromatic N) is 1. The van der Waals surface area contributed by atoms with Crippen molar-refractivity contribution in [1.29, 1.82) is 0 Å². The van der Waals surface area contributed by atoms with Gasteiger partial charge in [0, 0.05) is 16.4 Å². The minimum atomic E-state index is -1.21. The number of amides is 1. The number of carbonyl (C=O) groups is 2. The molecule has 23 heavy (non-hydrogen) atoms. The maximum atomic E-state index is 12.9. The second-order valence-corrected chi connectivity index (χ2v) is 7.33. The molecule has 1 aromatic rings. The first-order chi connectivity index (χ1) is 10.9. The molecular weight excluding hydrogens is 362 g/mol. The molecule has 2 saturated heterocycles. The molecule has 0 saturated carbocycles. The quantitative estimate of drug-likeness (QED) is 0.739. The lowest BCUT2D eigenvalue weighted by Crippen LogP contribution is -2.45. The molecule has 5 nitrogen and oxygen atoms in total. The van der Waals surface area contributed by atoms with Crippen molar-refractivity contribution in [1.82, 2.24) is 4.90 Å². The van der Waals surface area contributed by atoms with Crippen molar-refractivity contribution in [2.24, 2.45) is 11.8 Å². The average Bonchev–Trinajstić information content (AvgIpc) is 3.15. The van der Waals surface area contributed by atoms with Gasteiger partial charge in [0.05, 0.1) is 24.6 Å². The van der Waals surface area contributed by atoms with Crippen LogP contribution in [0.5, 0.6) is 0 Å². The Bertz CT molecular complexity index is 716. The van der Waals surface area contributed by atoms with Crippen molar-refractivity contribution in [3.8, 4) is 0 Å². The van der Waals surface area contributed by atoms with Crippen LogP contribution in [0.3, 0.4) is 0 Å². The standard InChI is InChI=1S/C17H16BrNO4/c1-9(10-2-4-11(18)5-3-10)19-8-17-7-6-12(23-17)13(16(21)22)14(17)15(19)20/h2-7,9,12-14H,8H2,1H3,(H,21,22)/p-1/t9-,12-,13+,14+,17-/m1/s1. The van der Waals surface area contributed by atoms with E-state index in [-0.39, 0.29) is 11.9 Å². The average molecular weight is 377 g/mol. The van der Waals surface area contributed by atoms with Gasteiger partial charge in [0.25, 0.3) is 0 Å². The molecule has 0 radical (unpaired) electrons. The van der Waals surface area contributed by atoms with Gasteiger partial charge in [-0.2, -0.15) is 0 Å². The Balaban J connectivity index is 1.66. The van der Waals surface area contributed by atoms with E-state index in [0.29, 0.717) is 6.54 Å². The van der Waals surface area contributed by atoms with Gasteiger partial charge in [0.15, 0.2) is 0 Å². The molecule has 0 aromatic heterocycles. The number of aliphatic carboxylic acids is 1. The Labute approximate surface area is 142 Å². The number of halogens is 1. The van der Waals surface area contributed by atoms with Crippen molar-refractivity contribution < 1.29 is 19.4 Å². The van der Waals surface area contributed by atoms with Gasteiger partial charge in [0.2, 0.25) is 5.91 Å². The highest BCUT2D eigenvalue weighted by atomic mass is 79.9. The molecule has 0 N–H and O–H groups in total. The largest absolute Gasteiger partial charge is 0.550 e. The SMILES string of the molecule is C[C@H](c1ccc(Br)cc1)N1C[C@@]23C=C[C@@H](O2)[C@H](C(=O)[O-])[C@H]3C1=O. The van der Waals surface area contributed by atoms with E-state index < -0.39 is 29.5 Å². The summed E-state index contributed by atoms with van der Waals surface area (Å²) in [6, 6.07) is 7.62. The van der Waals surface area contributed by atoms with Gasteiger partial charge >= 0.3 is 0 Å². The monoisotopic (exact) mass is 376 g/mol. The molecule has 2 bridgehead atoms. The fourth-order valence-corrected chi connectivity index (χ4v) is 4.31. The van der Waals surface area contributed by atoms with Gasteiger partial charge in [-0.3, -0.25) is 4.79 Å². The predicted octanol–water partition coefficient (Wildman–Crippen LogP) is 1.04. The molecule has 3 aliphatic rings. The molecule has 2 fully saturated rings. The van der Waals surface area contributed by atoms with Crippen molar-refractivity contribution in [2.75, 3.05) is 6.54 Å². The zero-order valence-electron chi connectivity index (χ0n) is 12.4. The van der Waals surface area contributed by atoms with E-state index >= 15 is 0 Å². The number of ether oxygens (including phenoxy) is 1. The van der Waals surface area contributed by atoms with Crippen molar-refractivity contribution in [2.45, 2.75) is 24.7 Å². The second-order valence-electron chi connectivity index (χ2n) is 6.41. The molecule has 1 amide bonds. The lowest BCUT2D eigenvalue weighted by molar-refractivity contribution is -0.313. The third-order valence-electron chi connectivity index (χ3n) is 5.22. The zero-order valence-corrected chi connectivity index (χ0v) is 14.0. The number of hydrogen-bond donors (Lipinski definition) is 0. The fraction of sp³-hybridized carbons (Fsp3) is 0.412. The number of hydrogen-bond acceptors (Lipinski definition) is 4. The van der Waals surface area contributed by atoms with E-state index in [0.717, 1.165) is 10.0 Å². The van der Waals surface area contributed by atoms with Crippen LogP contribution in [-0.4, -0.2) is 35.0 Å². The molecule has 0 aliphatic carbocycles. The number of carboxylic acid groups (broad SMARTS) is 1. The summed E-state index contributed by atoms with van der Waals surface area (Å²) < 4.78 is 6.83. The first-order valence-electron chi connectivity index (χ1n) is 7.57. The molecule has 5 atom stereocenters. The first kappa shape index (κ1) is 14.9. The van der Waals surface area contributed by atoms with Crippen LogP contribution in [0.25, 0.3) is 0 Å². The second kappa shape index (κ2) is 4.92. The number of likely N-dealkylation sites (tertiary alicyclic amines) is 1. The van der Waals surface area contributed by atoms with Crippen molar-refractivity contribution in [3.05, 3.63) is 46.5 Å². The van der Waals surface area contributed by atoms with Crippen molar-refractivity contribution in [3.63, 3.8) is 0 Å². The van der Waals surface area contributed by atoms with Crippen LogP contribution in [0, 0.1) is 11.8 Å². The Morgan fingerprint density at radius 2 is 2.13 bits per heavy atom. The fourth-order valence-electron chi connectivity index (χ4n) is 4.05. The molecular formula is C17H15BrNO4-. The smallest absolute Gasteiger partial charge is 0.230 e. The van der Waals surface area contributed by atoms with E-state index in [9.17, 15) is 14.7 Å². The molecule has 3 aliphatic heterocycles. The minimum absolute atomic E-state index is 0.144. The van der Waals surface area contributed by atoms with E-state index in [2.05, 4.69) is 15.9 Å². The topological polar surface area (TPSA) is 69.7 Å². The van der Waals surface area contributed by atoms with Gasteiger partial charge in [-0.25, -0.2) is 0 Å². The van der Waals surface area contributed by atoms with Crippen LogP contribution >= 0.6 is 15.9 Å². The Kier molecular flexibility index (Phi) is 3.19. The van der Waals surface area contributed by atoms with E-state index in [4.69, 9.17) is 4.74 Å². The number of fused-ring (bicyclic) bond motifs is 1. The molecule has 120 valence electrons. The van der Waals surface area contributed by atoms with Crippen LogP contribution < -0.4 is 5.11 Å². The summed E-state index contributed by atoms with van der Waals surface area (Å²) in [5.74, 6) is -2.95. The molecule has 4 rings (SSSR count). The summed E-state index contributed by atoms with van der Waals surface area (Å²) >= 11 is 3.40. The van der Waals surface area contributed by atoms with E-state index in [1.165, 1.54) is 0 Å². The number of carboxylic acids is 1. The summed E-state index contributed by atoms with van der Waals surface area (Å²) in [5.41, 5.74) is 0.192. The van der Waals surface area contributed by atoms with Gasteiger partial charge < -0.3 is 19.5 Å². The highest BCUT2D eigenvalue weighted by Crippen LogP contribution is 2.53. The maximum absolute atomic E-state index is 12.9. The van der Waals surface area contributed by atoms with Gasteiger partial charge in [-0.05, 0) is 24.6 Å². The van der Waals surface area contributed by atoms with Gasteiger partial charge in [-0.1, -0.05) is 40.2 Å². The normalized spacial score (nSPS) is 35.7. The molecule has 0 unspecified atom stereocenters. The zero-order chi connectivity index (χ0) is 16.4. The Morgan fingerprint density at radius 3 is 2.78 bits per heavy atom. The number of rotatable bonds is 3. The van der Waals surface area contributed by atoms with Crippen molar-refractivity contribution >= 4 is 27.8 Å². The Morgan fingerprint density at radius 1 is 1.43 bits per heavy atom. The minimum Gasteiger partial charge on any atom is -0.550 e. The Hall–Kier alpha value is -1.66. The van der Waals surface area contributed by atoms with E-state index in [1.54, 1.807) is 11.0 Å².